The normalized spacial score (nSPS) is 18.1. The number of halogens is 3. The second-order valence-corrected chi connectivity index (χ2v) is 13.3. The van der Waals surface area contributed by atoms with Crippen LogP contribution in [0, 0.1) is 11.6 Å². The van der Waals surface area contributed by atoms with Gasteiger partial charge in [-0.05, 0) is 79.8 Å². The van der Waals surface area contributed by atoms with Crippen molar-refractivity contribution in [3.63, 3.8) is 0 Å². The number of amides is 1. The van der Waals surface area contributed by atoms with Crippen LogP contribution in [0.15, 0.2) is 65.7 Å². The van der Waals surface area contributed by atoms with Crippen molar-refractivity contribution >= 4 is 55.7 Å². The molecule has 0 saturated carbocycles. The van der Waals surface area contributed by atoms with E-state index in [1.165, 1.54) is 38.4 Å². The second-order valence-electron chi connectivity index (χ2n) is 11.3. The minimum atomic E-state index is -4.48. The fraction of sp³-hybridized carbons (Fsp3) is 0.281. The molecule has 1 N–H and O–H groups in total. The minimum absolute atomic E-state index is 0.0594. The molecule has 4 heterocycles. The van der Waals surface area contributed by atoms with Gasteiger partial charge >= 0.3 is 0 Å². The van der Waals surface area contributed by atoms with Crippen molar-refractivity contribution in [3.8, 4) is 17.0 Å². The van der Waals surface area contributed by atoms with Gasteiger partial charge in [0.05, 0.1) is 12.6 Å². The summed E-state index contributed by atoms with van der Waals surface area (Å²) in [5.41, 5.74) is 1.65. The van der Waals surface area contributed by atoms with Crippen LogP contribution < -0.4 is 14.4 Å². The lowest BCUT2D eigenvalue weighted by Crippen LogP contribution is -2.62. The maximum absolute atomic E-state index is 14.4. The molecule has 2 saturated heterocycles. The molecule has 2 atom stereocenters. The van der Waals surface area contributed by atoms with Gasteiger partial charge in [0.1, 0.15) is 28.0 Å². The molecule has 2 aromatic carbocycles. The maximum atomic E-state index is 14.4. The number of anilines is 2. The van der Waals surface area contributed by atoms with E-state index >= 15 is 0 Å². The summed E-state index contributed by atoms with van der Waals surface area (Å²) in [4.78, 5) is 40.9. The molecule has 6 rings (SSSR count). The summed E-state index contributed by atoms with van der Waals surface area (Å²) in [6.07, 6.45) is 6.69. The zero-order valence-corrected chi connectivity index (χ0v) is 26.9. The molecule has 2 aliphatic rings. The molecule has 2 aliphatic heterocycles. The molecule has 47 heavy (non-hydrogen) atoms. The number of carbonyl (C=O) groups is 2. The molecule has 4 aromatic rings. The number of piperazine rings is 1. The van der Waals surface area contributed by atoms with Crippen molar-refractivity contribution in [1.82, 2.24) is 19.9 Å². The topological polar surface area (TPSA) is 135 Å². The van der Waals surface area contributed by atoms with E-state index in [2.05, 4.69) is 24.6 Å². The van der Waals surface area contributed by atoms with Crippen molar-refractivity contribution in [1.29, 1.82) is 0 Å². The van der Waals surface area contributed by atoms with Gasteiger partial charge in [-0.3, -0.25) is 14.3 Å². The van der Waals surface area contributed by atoms with E-state index in [-0.39, 0.29) is 40.6 Å². The van der Waals surface area contributed by atoms with Crippen LogP contribution in [0.2, 0.25) is 5.28 Å². The maximum Gasteiger partial charge on any atom is 0.264 e. The lowest BCUT2D eigenvalue weighted by atomic mass is 9.90. The molecule has 11 nitrogen and oxygen atoms in total. The number of aromatic nitrogens is 3. The van der Waals surface area contributed by atoms with Gasteiger partial charge in [0.25, 0.3) is 10.0 Å². The standard InChI is InChI=1S/C32H29ClF2N6O5S/c1-18(42)6-11-29(43)41-22-4-3-5-23(41)17-40(16-22)30-24-12-19(7-9-26(24)37-32(33)38-30)20-13-27(31(46-2)36-15-20)39-47(44,45)28-10-8-21(34)14-25(28)35/h6-15,22-23,39H,3-5,16-17H2,1-2H3/b11-6+. The Kier molecular flexibility index (Phi) is 8.81. The van der Waals surface area contributed by atoms with Gasteiger partial charge in [-0.15, -0.1) is 0 Å². The SMILES string of the molecule is COc1ncc(-c2ccc3nc(Cl)nc(N4CC5CCCC(C4)N5C(=O)/C=C/C(C)=O)c3c2)cc1NS(=O)(=O)c1ccc(F)cc1F. The Morgan fingerprint density at radius 2 is 1.77 bits per heavy atom. The Morgan fingerprint density at radius 1 is 1.02 bits per heavy atom. The monoisotopic (exact) mass is 682 g/mol. The largest absolute Gasteiger partial charge is 0.480 e. The zero-order chi connectivity index (χ0) is 33.5. The number of methoxy groups -OCH3 is 1. The van der Waals surface area contributed by atoms with Crippen LogP contribution >= 0.6 is 11.6 Å². The van der Waals surface area contributed by atoms with Crippen LogP contribution in [0.25, 0.3) is 22.0 Å². The number of piperidine rings is 1. The average Bonchev–Trinajstić information content (AvgIpc) is 3.02. The number of ketones is 1. The molecular formula is C32H29ClF2N6O5S. The number of hydrogen-bond acceptors (Lipinski definition) is 9. The number of nitrogens with one attached hydrogen (secondary N) is 1. The molecule has 244 valence electrons. The first-order valence-electron chi connectivity index (χ1n) is 14.7. The van der Waals surface area contributed by atoms with Crippen LogP contribution in [0.4, 0.5) is 20.3 Å². The molecule has 2 bridgehead atoms. The summed E-state index contributed by atoms with van der Waals surface area (Å²) in [5, 5.41) is 0.733. The Balaban J connectivity index is 1.35. The number of rotatable bonds is 8. The fourth-order valence-electron chi connectivity index (χ4n) is 6.16. The summed E-state index contributed by atoms with van der Waals surface area (Å²) < 4.78 is 61.5. The van der Waals surface area contributed by atoms with Crippen LogP contribution in [0.1, 0.15) is 26.2 Å². The minimum Gasteiger partial charge on any atom is -0.480 e. The smallest absolute Gasteiger partial charge is 0.264 e. The Hall–Kier alpha value is -4.69. The average molecular weight is 683 g/mol. The number of allylic oxidation sites excluding steroid dienone is 1. The number of hydrogen-bond donors (Lipinski definition) is 1. The van der Waals surface area contributed by atoms with Crippen LogP contribution in [0.3, 0.4) is 0 Å². The number of ether oxygens (including phenoxy) is 1. The second kappa shape index (κ2) is 12.8. The van der Waals surface area contributed by atoms with E-state index in [0.717, 1.165) is 31.4 Å². The Morgan fingerprint density at radius 3 is 2.45 bits per heavy atom. The quantitative estimate of drug-likeness (QED) is 0.198. The lowest BCUT2D eigenvalue weighted by Gasteiger charge is -2.50. The first kappa shape index (κ1) is 32.3. The molecule has 15 heteroatoms. The van der Waals surface area contributed by atoms with E-state index < -0.39 is 26.6 Å². The Labute approximate surface area is 274 Å². The number of sulfonamides is 1. The van der Waals surface area contributed by atoms with E-state index in [0.29, 0.717) is 47.0 Å². The summed E-state index contributed by atoms with van der Waals surface area (Å²) in [5.74, 6) is -2.03. The van der Waals surface area contributed by atoms with Gasteiger partial charge in [0.15, 0.2) is 5.78 Å². The van der Waals surface area contributed by atoms with Gasteiger partial charge in [0.2, 0.25) is 17.1 Å². The van der Waals surface area contributed by atoms with Crippen LogP contribution in [-0.2, 0) is 19.6 Å². The van der Waals surface area contributed by atoms with E-state index in [1.54, 1.807) is 12.1 Å². The van der Waals surface area contributed by atoms with Gasteiger partial charge in [0, 0.05) is 54.5 Å². The summed E-state index contributed by atoms with van der Waals surface area (Å²) in [7, 11) is -3.17. The molecule has 0 aliphatic carbocycles. The van der Waals surface area contributed by atoms with E-state index in [9.17, 15) is 26.8 Å². The predicted octanol–water partition coefficient (Wildman–Crippen LogP) is 5.15. The van der Waals surface area contributed by atoms with Gasteiger partial charge in [-0.25, -0.2) is 27.2 Å². The highest BCUT2D eigenvalue weighted by atomic mass is 35.5. The molecule has 0 spiro atoms. The third-order valence-corrected chi connectivity index (χ3v) is 9.76. The van der Waals surface area contributed by atoms with Gasteiger partial charge in [-0.1, -0.05) is 6.07 Å². The molecular weight excluding hydrogens is 654 g/mol. The van der Waals surface area contributed by atoms with Gasteiger partial charge in [-0.2, -0.15) is 4.98 Å². The molecule has 2 unspecified atom stereocenters. The van der Waals surface area contributed by atoms with E-state index in [4.69, 9.17) is 16.3 Å². The molecule has 2 fully saturated rings. The summed E-state index contributed by atoms with van der Waals surface area (Å²) in [6.45, 7) is 2.40. The van der Waals surface area contributed by atoms with Crippen LogP contribution in [0.5, 0.6) is 5.88 Å². The van der Waals surface area contributed by atoms with E-state index in [1.807, 2.05) is 11.0 Å². The number of carbonyl (C=O) groups excluding carboxylic acids is 2. The first-order valence-corrected chi connectivity index (χ1v) is 16.5. The first-order chi connectivity index (χ1) is 22.4. The van der Waals surface area contributed by atoms with Crippen molar-refractivity contribution in [2.24, 2.45) is 0 Å². The van der Waals surface area contributed by atoms with Crippen molar-refractivity contribution in [3.05, 3.63) is 77.7 Å². The van der Waals surface area contributed by atoms with Crippen molar-refractivity contribution in [2.75, 3.05) is 29.8 Å². The number of benzene rings is 2. The van der Waals surface area contributed by atoms with Crippen molar-refractivity contribution < 1.29 is 31.5 Å². The third kappa shape index (κ3) is 6.60. The highest BCUT2D eigenvalue weighted by Gasteiger charge is 2.40. The number of nitrogens with zero attached hydrogens (tertiary/aromatic N) is 5. The predicted molar refractivity (Wildman–Crippen MR) is 172 cm³/mol. The number of fused-ring (bicyclic) bond motifs is 3. The Bertz CT molecular complexity index is 2030. The lowest BCUT2D eigenvalue weighted by molar-refractivity contribution is -0.133. The molecule has 2 aromatic heterocycles. The van der Waals surface area contributed by atoms with Gasteiger partial charge < -0.3 is 14.5 Å². The highest BCUT2D eigenvalue weighted by Crippen LogP contribution is 2.37. The zero-order valence-electron chi connectivity index (χ0n) is 25.3. The van der Waals surface area contributed by atoms with Crippen LogP contribution in [-0.4, -0.2) is 72.2 Å². The molecule has 1 amide bonds. The summed E-state index contributed by atoms with van der Waals surface area (Å²) in [6, 6.07) is 8.84. The number of pyridine rings is 1. The third-order valence-electron chi connectivity index (χ3n) is 8.19. The molecule has 0 radical (unpaired) electrons. The summed E-state index contributed by atoms with van der Waals surface area (Å²) >= 11 is 6.37. The van der Waals surface area contributed by atoms with Crippen molar-refractivity contribution in [2.45, 2.75) is 43.2 Å². The fourth-order valence-corrected chi connectivity index (χ4v) is 7.44. The highest BCUT2D eigenvalue weighted by molar-refractivity contribution is 7.92.